The van der Waals surface area contributed by atoms with Gasteiger partial charge < -0.3 is 15.1 Å². The molecule has 0 aliphatic carbocycles. The van der Waals surface area contributed by atoms with E-state index < -0.39 is 5.97 Å². The number of amides is 1. The van der Waals surface area contributed by atoms with Gasteiger partial charge in [0.25, 0.3) is 6.47 Å². The smallest absolute Gasteiger partial charge is 0.303 e. The van der Waals surface area contributed by atoms with Crippen molar-refractivity contribution >= 4 is 29.7 Å². The standard InChI is InChI=1S/C20H24N4O3S.CH2O2/c25-18(9-15-2-5-21-6-3-15)24-11-16-10-23(12-17-22-7-8-28-17)13-20(16,14-24)4-1-19(26)27;2-1-3/h2-3,5-8,16H,1,4,9-14H2,(H,26,27);1H,(H,2,3). The predicted octanol–water partition coefficient (Wildman–Crippen LogP) is 1.61. The minimum absolute atomic E-state index is 0.113. The molecule has 2 aliphatic rings. The molecule has 9 nitrogen and oxygen atoms in total. The SMILES string of the molecule is O=C(O)CCC12CN(Cc3nccs3)CC1CN(C(=O)Cc1ccncc1)C2.O=CO. The number of aliphatic carboxylic acids is 1. The van der Waals surface area contributed by atoms with E-state index in [-0.39, 0.29) is 24.2 Å². The van der Waals surface area contributed by atoms with Crippen molar-refractivity contribution in [1.82, 2.24) is 19.8 Å². The molecule has 2 atom stereocenters. The van der Waals surface area contributed by atoms with Crippen LogP contribution >= 0.6 is 11.3 Å². The number of carbonyl (C=O) groups excluding carboxylic acids is 1. The van der Waals surface area contributed by atoms with Gasteiger partial charge >= 0.3 is 5.97 Å². The van der Waals surface area contributed by atoms with Crippen molar-refractivity contribution in [3.05, 3.63) is 46.7 Å². The average Bonchev–Trinajstić information content (AvgIpc) is 3.43. The second-order valence-corrected chi connectivity index (χ2v) is 8.94. The van der Waals surface area contributed by atoms with Crippen molar-refractivity contribution < 1.29 is 24.6 Å². The van der Waals surface area contributed by atoms with Gasteiger partial charge in [0.15, 0.2) is 0 Å². The first-order chi connectivity index (χ1) is 15.0. The molecule has 2 N–H and O–H groups in total. The normalized spacial score (nSPS) is 22.5. The van der Waals surface area contributed by atoms with E-state index in [1.165, 1.54) is 0 Å². The number of hydrogen-bond donors (Lipinski definition) is 2. The number of nitrogens with zero attached hydrogens (tertiary/aromatic N) is 4. The van der Waals surface area contributed by atoms with Crippen LogP contribution in [0, 0.1) is 11.3 Å². The summed E-state index contributed by atoms with van der Waals surface area (Å²) in [4.78, 5) is 45.1. The summed E-state index contributed by atoms with van der Waals surface area (Å²) in [6.07, 6.45) is 6.34. The van der Waals surface area contributed by atoms with Crippen molar-refractivity contribution in [2.45, 2.75) is 25.8 Å². The van der Waals surface area contributed by atoms with Crippen LogP contribution in [0.3, 0.4) is 0 Å². The maximum Gasteiger partial charge on any atom is 0.303 e. The summed E-state index contributed by atoms with van der Waals surface area (Å²) in [5, 5.41) is 19.2. The number of hydrogen-bond acceptors (Lipinski definition) is 7. The molecule has 10 heteroatoms. The largest absolute Gasteiger partial charge is 0.483 e. The fourth-order valence-electron chi connectivity index (χ4n) is 4.62. The molecular formula is C21H26N4O5S. The highest BCUT2D eigenvalue weighted by atomic mass is 32.1. The van der Waals surface area contributed by atoms with Gasteiger partial charge in [0, 0.05) is 62.0 Å². The molecule has 0 saturated carbocycles. The summed E-state index contributed by atoms with van der Waals surface area (Å²) < 4.78 is 0. The Bertz CT molecular complexity index is 879. The number of carboxylic acid groups (broad SMARTS) is 2. The van der Waals surface area contributed by atoms with E-state index in [0.29, 0.717) is 31.8 Å². The summed E-state index contributed by atoms with van der Waals surface area (Å²) in [6, 6.07) is 3.73. The van der Waals surface area contributed by atoms with E-state index in [2.05, 4.69) is 14.9 Å². The minimum atomic E-state index is -0.770. The second-order valence-electron chi connectivity index (χ2n) is 7.96. The van der Waals surface area contributed by atoms with Crippen LogP contribution in [-0.4, -0.2) is 74.5 Å². The number of likely N-dealkylation sites (tertiary alicyclic amines) is 2. The van der Waals surface area contributed by atoms with E-state index in [9.17, 15) is 14.7 Å². The number of pyridine rings is 1. The number of thiazole rings is 1. The fraction of sp³-hybridized carbons (Fsp3) is 0.476. The van der Waals surface area contributed by atoms with Gasteiger partial charge in [-0.3, -0.25) is 24.3 Å². The topological polar surface area (TPSA) is 124 Å². The molecule has 0 bridgehead atoms. The molecule has 4 rings (SSSR count). The lowest BCUT2D eigenvalue weighted by atomic mass is 9.77. The monoisotopic (exact) mass is 446 g/mol. The summed E-state index contributed by atoms with van der Waals surface area (Å²) in [5.74, 6) is -0.344. The van der Waals surface area contributed by atoms with Crippen molar-refractivity contribution in [2.24, 2.45) is 11.3 Å². The lowest BCUT2D eigenvalue weighted by molar-refractivity contribution is -0.137. The molecule has 2 fully saturated rings. The zero-order valence-electron chi connectivity index (χ0n) is 17.1. The Kier molecular flexibility index (Phi) is 7.69. The van der Waals surface area contributed by atoms with Crippen LogP contribution in [0.5, 0.6) is 0 Å². The van der Waals surface area contributed by atoms with Gasteiger partial charge in [-0.2, -0.15) is 0 Å². The Morgan fingerprint density at radius 3 is 2.61 bits per heavy atom. The molecule has 0 spiro atoms. The third-order valence-electron chi connectivity index (χ3n) is 5.97. The molecule has 2 aliphatic heterocycles. The third-order valence-corrected chi connectivity index (χ3v) is 6.73. The van der Waals surface area contributed by atoms with Gasteiger partial charge in [0.05, 0.1) is 13.0 Å². The van der Waals surface area contributed by atoms with Gasteiger partial charge in [-0.15, -0.1) is 11.3 Å². The first kappa shape index (κ1) is 22.8. The van der Waals surface area contributed by atoms with Gasteiger partial charge in [0.2, 0.25) is 5.91 Å². The van der Waals surface area contributed by atoms with Crippen molar-refractivity contribution in [3.63, 3.8) is 0 Å². The average molecular weight is 447 g/mol. The summed E-state index contributed by atoms with van der Waals surface area (Å²) in [6.45, 7) is 3.61. The van der Waals surface area contributed by atoms with Gasteiger partial charge in [-0.25, -0.2) is 4.98 Å². The fourth-order valence-corrected chi connectivity index (χ4v) is 5.28. The van der Waals surface area contributed by atoms with Gasteiger partial charge in [0.1, 0.15) is 5.01 Å². The van der Waals surface area contributed by atoms with E-state index in [0.717, 1.165) is 30.2 Å². The molecule has 4 heterocycles. The Balaban J connectivity index is 0.000000858. The summed E-state index contributed by atoms with van der Waals surface area (Å²) in [7, 11) is 0. The Morgan fingerprint density at radius 1 is 1.23 bits per heavy atom. The molecular weight excluding hydrogens is 420 g/mol. The van der Waals surface area contributed by atoms with Crippen molar-refractivity contribution in [2.75, 3.05) is 26.2 Å². The van der Waals surface area contributed by atoms with Crippen molar-refractivity contribution in [1.29, 1.82) is 0 Å². The predicted molar refractivity (Wildman–Crippen MR) is 113 cm³/mol. The molecule has 31 heavy (non-hydrogen) atoms. The molecule has 0 radical (unpaired) electrons. The molecule has 166 valence electrons. The molecule has 2 saturated heterocycles. The van der Waals surface area contributed by atoms with Crippen LogP contribution < -0.4 is 0 Å². The van der Waals surface area contributed by atoms with E-state index in [1.54, 1.807) is 23.7 Å². The number of aromatic nitrogens is 2. The van der Waals surface area contributed by atoms with Crippen LogP contribution in [0.15, 0.2) is 36.1 Å². The van der Waals surface area contributed by atoms with Crippen molar-refractivity contribution in [3.8, 4) is 0 Å². The maximum absolute atomic E-state index is 12.8. The minimum Gasteiger partial charge on any atom is -0.483 e. The number of fused-ring (bicyclic) bond motifs is 1. The summed E-state index contributed by atoms with van der Waals surface area (Å²) in [5.41, 5.74) is 0.825. The molecule has 2 aromatic heterocycles. The molecule has 1 amide bonds. The number of rotatable bonds is 7. The first-order valence-electron chi connectivity index (χ1n) is 10.0. The van der Waals surface area contributed by atoms with Gasteiger partial charge in [-0.1, -0.05) is 0 Å². The number of carboxylic acids is 1. The lowest BCUT2D eigenvalue weighted by Gasteiger charge is -2.29. The number of carbonyl (C=O) groups is 3. The molecule has 2 unspecified atom stereocenters. The highest BCUT2D eigenvalue weighted by Crippen LogP contribution is 2.46. The zero-order chi connectivity index (χ0) is 22.3. The van der Waals surface area contributed by atoms with Crippen LogP contribution in [0.25, 0.3) is 0 Å². The quantitative estimate of drug-likeness (QED) is 0.615. The highest BCUT2D eigenvalue weighted by molar-refractivity contribution is 7.09. The molecule has 0 aromatic carbocycles. The van der Waals surface area contributed by atoms with Gasteiger partial charge in [-0.05, 0) is 30.0 Å². The Morgan fingerprint density at radius 2 is 1.97 bits per heavy atom. The maximum atomic E-state index is 12.8. The highest BCUT2D eigenvalue weighted by Gasteiger charge is 2.53. The Labute approximate surface area is 184 Å². The second kappa shape index (κ2) is 10.5. The van der Waals surface area contributed by atoms with Crippen LogP contribution in [0.4, 0.5) is 0 Å². The summed E-state index contributed by atoms with van der Waals surface area (Å²) >= 11 is 1.65. The van der Waals surface area contributed by atoms with E-state index in [1.807, 2.05) is 28.6 Å². The van der Waals surface area contributed by atoms with Crippen LogP contribution in [0.2, 0.25) is 0 Å². The zero-order valence-corrected chi connectivity index (χ0v) is 17.9. The Hall–Kier alpha value is -2.85. The lowest BCUT2D eigenvalue weighted by Crippen LogP contribution is -2.37. The van der Waals surface area contributed by atoms with Crippen LogP contribution in [0.1, 0.15) is 23.4 Å². The van der Waals surface area contributed by atoms with E-state index in [4.69, 9.17) is 9.90 Å². The van der Waals surface area contributed by atoms with E-state index >= 15 is 0 Å². The molecule has 2 aromatic rings. The first-order valence-corrected chi connectivity index (χ1v) is 10.9. The van der Waals surface area contributed by atoms with Crippen LogP contribution in [-0.2, 0) is 27.3 Å². The third kappa shape index (κ3) is 5.86.